The second-order valence-corrected chi connectivity index (χ2v) is 10.0. The van der Waals surface area contributed by atoms with Gasteiger partial charge in [0.05, 0.1) is 16.8 Å². The lowest BCUT2D eigenvalue weighted by Crippen LogP contribution is -2.58. The third-order valence-corrected chi connectivity index (χ3v) is 7.98. The third kappa shape index (κ3) is 3.66. The molecule has 6 nitrogen and oxygen atoms in total. The maximum atomic E-state index is 13.0. The number of carbonyl (C=O) groups excluding carboxylic acids is 1. The highest BCUT2D eigenvalue weighted by Crippen LogP contribution is 2.39. The summed E-state index contributed by atoms with van der Waals surface area (Å²) in [5.41, 5.74) is 2.51. The number of rotatable bonds is 4. The first kappa shape index (κ1) is 18.6. The normalized spacial score (nSPS) is 23.8. The number of likely N-dealkylation sites (tertiary alicyclic amines) is 1. The Morgan fingerprint density at radius 2 is 1.89 bits per heavy atom. The zero-order valence-corrected chi connectivity index (χ0v) is 16.7. The van der Waals surface area contributed by atoms with E-state index in [1.165, 1.54) is 11.3 Å². The van der Waals surface area contributed by atoms with Gasteiger partial charge in [0.1, 0.15) is 5.69 Å². The van der Waals surface area contributed by atoms with Gasteiger partial charge in [-0.15, -0.1) is 11.3 Å². The molecule has 8 heteroatoms. The van der Waals surface area contributed by atoms with Crippen LogP contribution in [0.1, 0.15) is 41.7 Å². The van der Waals surface area contributed by atoms with Gasteiger partial charge in [-0.1, -0.05) is 30.3 Å². The maximum Gasteiger partial charge on any atom is 0.273 e. The zero-order chi connectivity index (χ0) is 18.9. The summed E-state index contributed by atoms with van der Waals surface area (Å²) in [6, 6.07) is 9.27. The highest BCUT2D eigenvalue weighted by atomic mass is 32.2. The van der Waals surface area contributed by atoms with Crippen molar-refractivity contribution in [1.29, 1.82) is 0 Å². The minimum absolute atomic E-state index is 0.00392. The number of nitrogens with zero attached hydrogens (tertiary/aromatic N) is 3. The largest absolute Gasteiger partial charge is 0.330 e. The number of aromatic nitrogens is 1. The molecular formula is C19H23N3O3S2. The fraction of sp³-hybridized carbons (Fsp3) is 0.474. The molecule has 27 heavy (non-hydrogen) atoms. The fourth-order valence-electron chi connectivity index (χ4n) is 4.32. The van der Waals surface area contributed by atoms with Crippen LogP contribution in [0.3, 0.4) is 0 Å². The van der Waals surface area contributed by atoms with Gasteiger partial charge >= 0.3 is 0 Å². The van der Waals surface area contributed by atoms with Crippen molar-refractivity contribution in [3.63, 3.8) is 0 Å². The number of piperidine rings is 1. The fourth-order valence-corrected chi connectivity index (χ4v) is 6.49. The summed E-state index contributed by atoms with van der Waals surface area (Å²) in [4.78, 5) is 19.0. The van der Waals surface area contributed by atoms with Crippen molar-refractivity contribution in [2.45, 2.75) is 37.0 Å². The standard InChI is InChI=1S/C19H23N3O3S2/c23-18(17-12-26-15-20-17)22-11-5-9-19(22)8-4-10-21(14-19)27(24,25)13-16-6-2-1-3-7-16/h1-3,6-7,12,15H,4-5,8-11,13-14H2. The summed E-state index contributed by atoms with van der Waals surface area (Å²) in [7, 11) is -3.42. The number of sulfonamides is 1. The summed E-state index contributed by atoms with van der Waals surface area (Å²) < 4.78 is 27.6. The molecule has 144 valence electrons. The van der Waals surface area contributed by atoms with E-state index in [9.17, 15) is 13.2 Å². The average Bonchev–Trinajstić information content (AvgIpc) is 3.32. The van der Waals surface area contributed by atoms with Crippen LogP contribution in [0.2, 0.25) is 0 Å². The van der Waals surface area contributed by atoms with Crippen LogP contribution >= 0.6 is 11.3 Å². The quantitative estimate of drug-likeness (QED) is 0.784. The number of thiazole rings is 1. The molecule has 1 spiro atoms. The summed E-state index contributed by atoms with van der Waals surface area (Å²) in [5.74, 6) is -0.0692. The Hall–Kier alpha value is -1.77. The highest BCUT2D eigenvalue weighted by Gasteiger charge is 2.48. The van der Waals surface area contributed by atoms with Crippen molar-refractivity contribution >= 4 is 27.3 Å². The Morgan fingerprint density at radius 3 is 2.59 bits per heavy atom. The molecule has 2 aliphatic rings. The van der Waals surface area contributed by atoms with Gasteiger partial charge in [0.15, 0.2) is 0 Å². The number of hydrogen-bond donors (Lipinski definition) is 0. The third-order valence-electron chi connectivity index (χ3n) is 5.60. The Morgan fingerprint density at radius 1 is 1.15 bits per heavy atom. The van der Waals surface area contributed by atoms with E-state index in [0.29, 0.717) is 25.3 Å². The number of carbonyl (C=O) groups is 1. The van der Waals surface area contributed by atoms with Gasteiger partial charge in [-0.25, -0.2) is 13.4 Å². The van der Waals surface area contributed by atoms with E-state index in [1.807, 2.05) is 35.2 Å². The van der Waals surface area contributed by atoms with E-state index in [4.69, 9.17) is 0 Å². The van der Waals surface area contributed by atoms with Crippen LogP contribution in [0.4, 0.5) is 0 Å². The predicted octanol–water partition coefficient (Wildman–Crippen LogP) is 2.74. The van der Waals surface area contributed by atoms with Crippen LogP contribution in [0.5, 0.6) is 0 Å². The first-order chi connectivity index (χ1) is 13.0. The molecule has 0 bridgehead atoms. The Balaban J connectivity index is 1.55. The Kier molecular flexibility index (Phi) is 5.05. The van der Waals surface area contributed by atoms with Gasteiger partial charge < -0.3 is 4.90 Å². The SMILES string of the molecule is O=C(c1cscn1)N1CCCC12CCCN(S(=O)(=O)Cc1ccccc1)C2. The molecular weight excluding hydrogens is 382 g/mol. The van der Waals surface area contributed by atoms with Crippen LogP contribution < -0.4 is 0 Å². The summed E-state index contributed by atoms with van der Waals surface area (Å²) in [6.45, 7) is 1.58. The number of benzene rings is 1. The molecule has 0 aliphatic carbocycles. The molecule has 0 N–H and O–H groups in total. The van der Waals surface area contributed by atoms with Crippen molar-refractivity contribution in [3.05, 3.63) is 52.5 Å². The van der Waals surface area contributed by atoms with Gasteiger partial charge in [-0.2, -0.15) is 4.31 Å². The molecule has 0 saturated carbocycles. The predicted molar refractivity (Wildman–Crippen MR) is 105 cm³/mol. The van der Waals surface area contributed by atoms with Crippen LogP contribution in [0.25, 0.3) is 0 Å². The topological polar surface area (TPSA) is 70.6 Å². The van der Waals surface area contributed by atoms with Crippen molar-refractivity contribution in [3.8, 4) is 0 Å². The summed E-state index contributed by atoms with van der Waals surface area (Å²) in [6.07, 6.45) is 3.37. The molecule has 2 aliphatic heterocycles. The van der Waals surface area contributed by atoms with Crippen molar-refractivity contribution in [2.75, 3.05) is 19.6 Å². The van der Waals surface area contributed by atoms with Crippen LogP contribution in [-0.2, 0) is 15.8 Å². The van der Waals surface area contributed by atoms with Crippen molar-refractivity contribution in [2.24, 2.45) is 0 Å². The van der Waals surface area contributed by atoms with E-state index in [0.717, 1.165) is 31.2 Å². The average molecular weight is 406 g/mol. The molecule has 2 saturated heterocycles. The van der Waals surface area contributed by atoms with E-state index in [-0.39, 0.29) is 11.7 Å². The molecule has 1 aromatic heterocycles. The molecule has 0 radical (unpaired) electrons. The molecule has 4 rings (SSSR count). The lowest BCUT2D eigenvalue weighted by atomic mass is 9.87. The molecule has 2 fully saturated rings. The van der Waals surface area contributed by atoms with Crippen LogP contribution in [0.15, 0.2) is 41.2 Å². The second-order valence-electron chi connectivity index (χ2n) is 7.34. The summed E-state index contributed by atoms with van der Waals surface area (Å²) in [5, 5.41) is 1.76. The monoisotopic (exact) mass is 405 g/mol. The lowest BCUT2D eigenvalue weighted by molar-refractivity contribution is 0.0442. The number of hydrogen-bond acceptors (Lipinski definition) is 5. The summed E-state index contributed by atoms with van der Waals surface area (Å²) >= 11 is 1.40. The van der Waals surface area contributed by atoms with E-state index in [1.54, 1.807) is 15.2 Å². The zero-order valence-electron chi connectivity index (χ0n) is 15.1. The van der Waals surface area contributed by atoms with Gasteiger partial charge in [-0.05, 0) is 31.2 Å². The van der Waals surface area contributed by atoms with Crippen molar-refractivity contribution in [1.82, 2.24) is 14.2 Å². The van der Waals surface area contributed by atoms with Gasteiger partial charge in [0.2, 0.25) is 10.0 Å². The van der Waals surface area contributed by atoms with Crippen LogP contribution in [0, 0.1) is 0 Å². The number of amides is 1. The van der Waals surface area contributed by atoms with Crippen molar-refractivity contribution < 1.29 is 13.2 Å². The first-order valence-electron chi connectivity index (χ1n) is 9.22. The van der Waals surface area contributed by atoms with E-state index >= 15 is 0 Å². The second kappa shape index (κ2) is 7.33. The van der Waals surface area contributed by atoms with Gasteiger partial charge in [0, 0.05) is 25.0 Å². The molecule has 1 aromatic carbocycles. The maximum absolute atomic E-state index is 13.0. The lowest BCUT2D eigenvalue weighted by Gasteiger charge is -2.45. The van der Waals surface area contributed by atoms with Gasteiger partial charge in [-0.3, -0.25) is 4.79 Å². The smallest absolute Gasteiger partial charge is 0.273 e. The minimum Gasteiger partial charge on any atom is -0.330 e. The molecule has 3 heterocycles. The first-order valence-corrected chi connectivity index (χ1v) is 11.8. The highest BCUT2D eigenvalue weighted by molar-refractivity contribution is 7.88. The minimum atomic E-state index is -3.42. The van der Waals surface area contributed by atoms with Gasteiger partial charge in [0.25, 0.3) is 5.91 Å². The molecule has 1 unspecified atom stereocenters. The molecule has 1 amide bonds. The Labute approximate surface area is 163 Å². The van der Waals surface area contributed by atoms with Crippen LogP contribution in [-0.4, -0.2) is 53.7 Å². The molecule has 2 aromatic rings. The Bertz CT molecular complexity index is 900. The van der Waals surface area contributed by atoms with E-state index in [2.05, 4.69) is 4.98 Å². The van der Waals surface area contributed by atoms with E-state index < -0.39 is 15.6 Å². The molecule has 1 atom stereocenters.